The van der Waals surface area contributed by atoms with Gasteiger partial charge in [-0.3, -0.25) is 0 Å². The van der Waals surface area contributed by atoms with E-state index in [0.29, 0.717) is 12.0 Å². The zero-order valence-corrected chi connectivity index (χ0v) is 18.2. The van der Waals surface area contributed by atoms with Crippen molar-refractivity contribution >= 4 is 20.9 Å². The minimum absolute atomic E-state index is 0. The van der Waals surface area contributed by atoms with Gasteiger partial charge in [0.1, 0.15) is 10.1 Å². The van der Waals surface area contributed by atoms with Gasteiger partial charge in [0.05, 0.1) is 4.90 Å². The van der Waals surface area contributed by atoms with Gasteiger partial charge in [0.2, 0.25) is 0 Å². The monoisotopic (exact) mass is 358 g/mol. The van der Waals surface area contributed by atoms with E-state index < -0.39 is 10.1 Å². The fourth-order valence-electron chi connectivity index (χ4n) is 2.93. The molecule has 0 spiro atoms. The Morgan fingerprint density at radius 3 is 2.22 bits per heavy atom. The number of benzene rings is 2. The Morgan fingerprint density at radius 2 is 1.61 bits per heavy atom. The van der Waals surface area contributed by atoms with E-state index >= 15 is 0 Å². The summed E-state index contributed by atoms with van der Waals surface area (Å²) in [6.45, 7) is 4.20. The van der Waals surface area contributed by atoms with E-state index in [2.05, 4.69) is 19.9 Å². The molecule has 2 aromatic rings. The first-order valence-electron chi connectivity index (χ1n) is 7.98. The van der Waals surface area contributed by atoms with Crippen LogP contribution in [0.25, 0.3) is 10.8 Å². The van der Waals surface area contributed by atoms with Crippen LogP contribution in [0.2, 0.25) is 0 Å². The molecule has 120 valence electrons. The molecule has 0 radical (unpaired) electrons. The Balaban J connectivity index is 0.00000264. The molecule has 0 saturated heterocycles. The number of unbranched alkanes of at least 4 members (excludes halogenated alkanes) is 2. The predicted octanol–water partition coefficient (Wildman–Crippen LogP) is 1.43. The molecule has 0 aliphatic rings. The molecule has 0 N–H and O–H groups in total. The Labute approximate surface area is 182 Å². The number of hydrogen-bond donors (Lipinski definition) is 0. The van der Waals surface area contributed by atoms with Crippen LogP contribution in [0.5, 0.6) is 0 Å². The first kappa shape index (κ1) is 21.3. The van der Waals surface area contributed by atoms with Gasteiger partial charge in [0, 0.05) is 0 Å². The van der Waals surface area contributed by atoms with E-state index in [-0.39, 0.29) is 56.3 Å². The van der Waals surface area contributed by atoms with Crippen molar-refractivity contribution in [3.8, 4) is 0 Å². The van der Waals surface area contributed by atoms with Gasteiger partial charge in [0.25, 0.3) is 0 Å². The van der Waals surface area contributed by atoms with Crippen LogP contribution < -0.4 is 51.4 Å². The van der Waals surface area contributed by atoms with Gasteiger partial charge in [-0.1, -0.05) is 51.0 Å². The molecular formula is C18H23KO3S. The standard InChI is InChI=1S/C18H24O3S.K/c1-3-5-8-14-9-7-10-15-12-13-17(22(19,20)21)16(18(14)15)11-6-4-2;/h7,9-10,12-13H,3-6,8,11H2,1-2H3,(H,19,20,21);/q;+1/p-1. The third-order valence-electron chi connectivity index (χ3n) is 4.05. The Morgan fingerprint density at radius 1 is 0.957 bits per heavy atom. The summed E-state index contributed by atoms with van der Waals surface area (Å²) in [7, 11) is -4.44. The largest absolute Gasteiger partial charge is 1.00 e. The molecule has 5 heteroatoms. The van der Waals surface area contributed by atoms with Crippen molar-refractivity contribution in [3.05, 3.63) is 41.5 Å². The van der Waals surface area contributed by atoms with Crippen molar-refractivity contribution in [2.24, 2.45) is 0 Å². The summed E-state index contributed by atoms with van der Waals surface area (Å²) in [4.78, 5) is -0.0441. The van der Waals surface area contributed by atoms with E-state index in [4.69, 9.17) is 0 Å². The minimum Gasteiger partial charge on any atom is -0.744 e. The summed E-state index contributed by atoms with van der Waals surface area (Å²) < 4.78 is 34.9. The van der Waals surface area contributed by atoms with Gasteiger partial charge in [0.15, 0.2) is 0 Å². The maximum atomic E-state index is 11.6. The number of aryl methyl sites for hydroxylation is 2. The van der Waals surface area contributed by atoms with Crippen molar-refractivity contribution in [2.45, 2.75) is 57.3 Å². The average Bonchev–Trinajstić information content (AvgIpc) is 2.49. The first-order valence-corrected chi connectivity index (χ1v) is 9.39. The van der Waals surface area contributed by atoms with Crippen LogP contribution in [0.1, 0.15) is 50.7 Å². The quantitative estimate of drug-likeness (QED) is 0.556. The molecule has 0 fully saturated rings. The molecule has 2 rings (SSSR count). The van der Waals surface area contributed by atoms with Crippen molar-refractivity contribution in [3.63, 3.8) is 0 Å². The molecule has 0 aliphatic heterocycles. The normalized spacial score (nSPS) is 11.4. The van der Waals surface area contributed by atoms with Gasteiger partial charge in [-0.2, -0.15) is 0 Å². The van der Waals surface area contributed by atoms with E-state index in [1.54, 1.807) is 6.07 Å². The maximum absolute atomic E-state index is 11.6. The number of fused-ring (bicyclic) bond motifs is 1. The topological polar surface area (TPSA) is 57.2 Å². The summed E-state index contributed by atoms with van der Waals surface area (Å²) in [5.74, 6) is 0. The second kappa shape index (κ2) is 9.66. The smallest absolute Gasteiger partial charge is 0.744 e. The second-order valence-corrected chi connectivity index (χ2v) is 7.07. The van der Waals surface area contributed by atoms with Gasteiger partial charge in [-0.25, -0.2) is 8.42 Å². The molecule has 0 heterocycles. The van der Waals surface area contributed by atoms with Gasteiger partial charge in [-0.15, -0.1) is 0 Å². The van der Waals surface area contributed by atoms with Crippen LogP contribution in [0, 0.1) is 0 Å². The fourth-order valence-corrected chi connectivity index (χ4v) is 3.67. The summed E-state index contributed by atoms with van der Waals surface area (Å²) in [5, 5.41) is 1.99. The van der Waals surface area contributed by atoms with Crippen molar-refractivity contribution in [1.82, 2.24) is 0 Å². The van der Waals surface area contributed by atoms with E-state index in [1.807, 2.05) is 12.1 Å². The third kappa shape index (κ3) is 5.36. The van der Waals surface area contributed by atoms with E-state index in [9.17, 15) is 13.0 Å². The van der Waals surface area contributed by atoms with Crippen molar-refractivity contribution in [2.75, 3.05) is 0 Å². The van der Waals surface area contributed by atoms with E-state index in [0.717, 1.165) is 48.4 Å². The summed E-state index contributed by atoms with van der Waals surface area (Å²) >= 11 is 0. The molecule has 0 bridgehead atoms. The SMILES string of the molecule is CCCCc1cccc2ccc(S(=O)(=O)[O-])c(CCCC)c12.[K+]. The molecule has 3 nitrogen and oxygen atoms in total. The van der Waals surface area contributed by atoms with Crippen LogP contribution in [0.3, 0.4) is 0 Å². The number of rotatable bonds is 7. The molecular weight excluding hydrogens is 335 g/mol. The summed E-state index contributed by atoms with van der Waals surface area (Å²) in [6, 6.07) is 9.27. The van der Waals surface area contributed by atoms with Crippen LogP contribution in [0.4, 0.5) is 0 Å². The Hall–Kier alpha value is 0.246. The van der Waals surface area contributed by atoms with Gasteiger partial charge in [-0.05, 0) is 53.6 Å². The zero-order valence-electron chi connectivity index (χ0n) is 14.3. The second-order valence-electron chi connectivity index (χ2n) is 5.72. The molecule has 0 aromatic heterocycles. The molecule has 2 aromatic carbocycles. The van der Waals surface area contributed by atoms with Crippen LogP contribution >= 0.6 is 0 Å². The van der Waals surface area contributed by atoms with Gasteiger partial charge < -0.3 is 4.55 Å². The molecule has 0 atom stereocenters. The average molecular weight is 359 g/mol. The van der Waals surface area contributed by atoms with Gasteiger partial charge >= 0.3 is 51.4 Å². The summed E-state index contributed by atoms with van der Waals surface area (Å²) in [6.07, 6.45) is 5.53. The first-order chi connectivity index (χ1) is 10.5. The Kier molecular flexibility index (Phi) is 8.94. The third-order valence-corrected chi connectivity index (χ3v) is 4.97. The van der Waals surface area contributed by atoms with Crippen LogP contribution in [-0.4, -0.2) is 13.0 Å². The molecule has 0 unspecified atom stereocenters. The number of hydrogen-bond acceptors (Lipinski definition) is 3. The van der Waals surface area contributed by atoms with Crippen molar-refractivity contribution < 1.29 is 64.4 Å². The van der Waals surface area contributed by atoms with Crippen LogP contribution in [-0.2, 0) is 23.0 Å². The summed E-state index contributed by atoms with van der Waals surface area (Å²) in [5.41, 5.74) is 1.86. The molecule has 23 heavy (non-hydrogen) atoms. The molecule has 0 aliphatic carbocycles. The zero-order chi connectivity index (χ0) is 16.2. The Bertz CT molecular complexity index is 754. The van der Waals surface area contributed by atoms with Crippen molar-refractivity contribution in [1.29, 1.82) is 0 Å². The van der Waals surface area contributed by atoms with Crippen LogP contribution in [0.15, 0.2) is 35.2 Å². The molecule has 0 amide bonds. The van der Waals surface area contributed by atoms with E-state index in [1.165, 1.54) is 6.07 Å². The molecule has 0 saturated carbocycles. The predicted molar refractivity (Wildman–Crippen MR) is 89.1 cm³/mol. The maximum Gasteiger partial charge on any atom is 1.00 e. The fraction of sp³-hybridized carbons (Fsp3) is 0.444. The minimum atomic E-state index is -4.44.